The van der Waals surface area contributed by atoms with Crippen LogP contribution in [0.5, 0.6) is 0 Å². The van der Waals surface area contributed by atoms with Crippen molar-refractivity contribution in [2.24, 2.45) is 5.73 Å². The number of carbonyl (C=O) groups is 2. The molecule has 14 heteroatoms. The Balaban J connectivity index is 1.31. The Bertz CT molecular complexity index is 1850. The highest BCUT2D eigenvalue weighted by Crippen LogP contribution is 2.31. The van der Waals surface area contributed by atoms with Gasteiger partial charge in [-0.1, -0.05) is 22.8 Å². The van der Waals surface area contributed by atoms with Gasteiger partial charge in [0.2, 0.25) is 5.82 Å². The van der Waals surface area contributed by atoms with Crippen LogP contribution in [0.4, 0.5) is 21.9 Å². The number of nitrogens with two attached hydrogens (primary N) is 1. The van der Waals surface area contributed by atoms with Crippen molar-refractivity contribution in [2.75, 3.05) is 15.4 Å². The summed E-state index contributed by atoms with van der Waals surface area (Å²) in [7, 11) is -3.94. The maximum Gasteiger partial charge on any atom is 0.316 e. The molecule has 0 saturated carbocycles. The van der Waals surface area contributed by atoms with Crippen LogP contribution < -0.4 is 21.1 Å². The van der Waals surface area contributed by atoms with Crippen molar-refractivity contribution in [1.82, 2.24) is 15.1 Å². The zero-order chi connectivity index (χ0) is 29.0. The van der Waals surface area contributed by atoms with Crippen molar-refractivity contribution < 1.29 is 22.5 Å². The first kappa shape index (κ1) is 27.3. The van der Waals surface area contributed by atoms with Crippen LogP contribution in [-0.4, -0.2) is 35.5 Å². The third-order valence-corrected chi connectivity index (χ3v) is 7.32. The number of amides is 3. The number of benzene rings is 3. The van der Waals surface area contributed by atoms with E-state index in [9.17, 15) is 18.0 Å². The molecule has 0 bridgehead atoms. The first-order chi connectivity index (χ1) is 19.7. The SMILES string of the molecule is NC(=O)Nc1ccc(S(=O)(=O)Nc2cccc(-c3nc(-c4ccc(NC(=O)c5cccnc5)cc4Cl)no3)c2)cc1. The average Bonchev–Trinajstić information content (AvgIpc) is 3.44. The lowest BCUT2D eigenvalue weighted by Gasteiger charge is -2.09. The minimum absolute atomic E-state index is 0.0206. The van der Waals surface area contributed by atoms with Crippen LogP contribution >= 0.6 is 11.6 Å². The fourth-order valence-electron chi connectivity index (χ4n) is 3.71. The Kier molecular flexibility index (Phi) is 7.63. The number of pyridine rings is 1. The number of nitrogens with zero attached hydrogens (tertiary/aromatic N) is 3. The van der Waals surface area contributed by atoms with Gasteiger partial charge < -0.3 is 20.9 Å². The molecule has 5 N–H and O–H groups in total. The quantitative estimate of drug-likeness (QED) is 0.195. The van der Waals surface area contributed by atoms with E-state index < -0.39 is 16.1 Å². The highest BCUT2D eigenvalue weighted by atomic mass is 35.5. The first-order valence-corrected chi connectivity index (χ1v) is 13.7. The Hall–Kier alpha value is -5.27. The molecule has 3 aromatic carbocycles. The number of nitrogens with one attached hydrogen (secondary N) is 3. The number of carbonyl (C=O) groups excluding carboxylic acids is 2. The van der Waals surface area contributed by atoms with Crippen LogP contribution in [-0.2, 0) is 10.0 Å². The molecule has 0 aliphatic rings. The number of hydrogen-bond donors (Lipinski definition) is 4. The monoisotopic (exact) mass is 589 g/mol. The summed E-state index contributed by atoms with van der Waals surface area (Å²) in [6.45, 7) is 0. The maximum absolute atomic E-state index is 12.9. The highest BCUT2D eigenvalue weighted by molar-refractivity contribution is 7.92. The van der Waals surface area contributed by atoms with Gasteiger partial charge >= 0.3 is 6.03 Å². The summed E-state index contributed by atoms with van der Waals surface area (Å²) >= 11 is 6.45. The van der Waals surface area contributed by atoms with E-state index in [-0.39, 0.29) is 33.2 Å². The summed E-state index contributed by atoms with van der Waals surface area (Å²) in [6, 6.07) is 19.3. The Labute approximate surface area is 238 Å². The highest BCUT2D eigenvalue weighted by Gasteiger charge is 2.18. The zero-order valence-corrected chi connectivity index (χ0v) is 22.5. The lowest BCUT2D eigenvalue weighted by Crippen LogP contribution is -2.19. The minimum Gasteiger partial charge on any atom is -0.351 e. The fourth-order valence-corrected chi connectivity index (χ4v) is 5.03. The molecule has 0 radical (unpaired) electrons. The number of anilines is 3. The molecule has 0 unspecified atom stereocenters. The number of rotatable bonds is 8. The molecular weight excluding hydrogens is 570 g/mol. The molecule has 0 atom stereocenters. The molecule has 2 heterocycles. The van der Waals surface area contributed by atoms with Gasteiger partial charge in [-0.05, 0) is 72.8 Å². The first-order valence-electron chi connectivity index (χ1n) is 11.8. The number of primary amides is 1. The summed E-state index contributed by atoms with van der Waals surface area (Å²) < 4.78 is 33.6. The number of hydrogen-bond acceptors (Lipinski definition) is 8. The third-order valence-electron chi connectivity index (χ3n) is 5.61. The van der Waals surface area contributed by atoms with E-state index in [0.717, 1.165) is 0 Å². The van der Waals surface area contributed by atoms with E-state index >= 15 is 0 Å². The van der Waals surface area contributed by atoms with Crippen molar-refractivity contribution in [2.45, 2.75) is 4.90 Å². The van der Waals surface area contributed by atoms with Gasteiger partial charge in [0.15, 0.2) is 0 Å². The van der Waals surface area contributed by atoms with Crippen LogP contribution in [0.1, 0.15) is 10.4 Å². The second-order valence-corrected chi connectivity index (χ2v) is 10.6. The molecule has 3 amide bonds. The van der Waals surface area contributed by atoms with Crippen LogP contribution in [0.15, 0.2) is 101 Å². The van der Waals surface area contributed by atoms with Crippen molar-refractivity contribution in [3.05, 3.63) is 102 Å². The lowest BCUT2D eigenvalue weighted by molar-refractivity contribution is 0.102. The van der Waals surface area contributed by atoms with Gasteiger partial charge in [0, 0.05) is 40.6 Å². The third kappa shape index (κ3) is 6.49. The summed E-state index contributed by atoms with van der Waals surface area (Å²) in [4.78, 5) is 31.7. The molecule has 12 nitrogen and oxygen atoms in total. The van der Waals surface area contributed by atoms with Crippen LogP contribution in [0.2, 0.25) is 5.02 Å². The van der Waals surface area contributed by atoms with E-state index in [1.807, 2.05) is 0 Å². The van der Waals surface area contributed by atoms with Crippen molar-refractivity contribution in [1.29, 1.82) is 0 Å². The molecule has 5 rings (SSSR count). The number of halogens is 1. The molecule has 0 aliphatic carbocycles. The van der Waals surface area contributed by atoms with E-state index in [1.165, 1.54) is 36.5 Å². The van der Waals surface area contributed by atoms with Gasteiger partial charge in [0.05, 0.1) is 15.5 Å². The normalized spacial score (nSPS) is 11.0. The topological polar surface area (TPSA) is 182 Å². The largest absolute Gasteiger partial charge is 0.351 e. The molecule has 0 aliphatic heterocycles. The van der Waals surface area contributed by atoms with Crippen LogP contribution in [0, 0.1) is 0 Å². The Morgan fingerprint density at radius 3 is 2.37 bits per heavy atom. The summed E-state index contributed by atoms with van der Waals surface area (Å²) in [5, 5.41) is 9.39. The van der Waals surface area contributed by atoms with Crippen molar-refractivity contribution >= 4 is 50.6 Å². The van der Waals surface area contributed by atoms with Gasteiger partial charge in [-0.25, -0.2) is 13.2 Å². The van der Waals surface area contributed by atoms with Crippen LogP contribution in [0.25, 0.3) is 22.8 Å². The zero-order valence-electron chi connectivity index (χ0n) is 20.9. The molecule has 0 fully saturated rings. The summed E-state index contributed by atoms with van der Waals surface area (Å²) in [6.07, 6.45) is 3.03. The Morgan fingerprint density at radius 2 is 1.66 bits per heavy atom. The predicted molar refractivity (Wildman–Crippen MR) is 153 cm³/mol. The summed E-state index contributed by atoms with van der Waals surface area (Å²) in [5.41, 5.74) is 7.48. The average molecular weight is 590 g/mol. The molecule has 5 aromatic rings. The molecule has 0 saturated heterocycles. The van der Waals surface area contributed by atoms with E-state index in [2.05, 4.69) is 30.5 Å². The smallest absolute Gasteiger partial charge is 0.316 e. The second-order valence-electron chi connectivity index (χ2n) is 8.51. The van der Waals surface area contributed by atoms with Gasteiger partial charge in [-0.2, -0.15) is 4.98 Å². The Morgan fingerprint density at radius 1 is 0.878 bits per heavy atom. The predicted octanol–water partition coefficient (Wildman–Crippen LogP) is 5.00. The minimum atomic E-state index is -3.94. The molecule has 41 heavy (non-hydrogen) atoms. The number of aromatic nitrogens is 3. The van der Waals surface area contributed by atoms with Crippen molar-refractivity contribution in [3.63, 3.8) is 0 Å². The molecule has 0 spiro atoms. The lowest BCUT2D eigenvalue weighted by atomic mass is 10.1. The van der Waals surface area contributed by atoms with E-state index in [1.54, 1.807) is 54.7 Å². The van der Waals surface area contributed by atoms with Gasteiger partial charge in [0.1, 0.15) is 0 Å². The van der Waals surface area contributed by atoms with Gasteiger partial charge in [-0.15, -0.1) is 0 Å². The standard InChI is InChI=1S/C27H20ClN7O5S/c28-23-14-19(31-25(36)17-4-2-12-30-15-17)8-11-22(23)24-33-26(40-34-24)16-3-1-5-20(13-16)35-41(38,39)21-9-6-18(7-10-21)32-27(29)37/h1-15,35H,(H,31,36)(H3,29,32,37). The summed E-state index contributed by atoms with van der Waals surface area (Å²) in [5.74, 6) is -0.00453. The second kappa shape index (κ2) is 11.5. The van der Waals surface area contributed by atoms with Crippen molar-refractivity contribution in [3.8, 4) is 22.8 Å². The maximum atomic E-state index is 12.9. The molecule has 2 aromatic heterocycles. The molecule has 206 valence electrons. The van der Waals surface area contributed by atoms with E-state index in [4.69, 9.17) is 21.9 Å². The van der Waals surface area contributed by atoms with Gasteiger partial charge in [0.25, 0.3) is 21.8 Å². The number of urea groups is 1. The number of sulfonamides is 1. The van der Waals surface area contributed by atoms with Crippen LogP contribution in [0.3, 0.4) is 0 Å². The fraction of sp³-hybridized carbons (Fsp3) is 0. The van der Waals surface area contributed by atoms with E-state index in [0.29, 0.717) is 28.1 Å². The van der Waals surface area contributed by atoms with Gasteiger partial charge in [-0.3, -0.25) is 14.5 Å². The molecular formula is C27H20ClN7O5S.